The molecule has 3 heterocycles. The van der Waals surface area contributed by atoms with Crippen molar-refractivity contribution in [3.8, 4) is 0 Å². The first kappa shape index (κ1) is 21.4. The van der Waals surface area contributed by atoms with Crippen LogP contribution < -0.4 is 10.6 Å². The van der Waals surface area contributed by atoms with Gasteiger partial charge in [-0.25, -0.2) is 9.78 Å². The average Bonchev–Trinajstić information content (AvgIpc) is 3.30. The quantitative estimate of drug-likeness (QED) is 0.513. The highest BCUT2D eigenvalue weighted by Gasteiger charge is 2.41. The molecule has 1 aromatic rings. The van der Waals surface area contributed by atoms with E-state index in [0.717, 1.165) is 0 Å². The largest absolute Gasteiger partial charge is 0.453 e. The lowest BCUT2D eigenvalue weighted by Gasteiger charge is -2.26. The topological polar surface area (TPSA) is 127 Å². The molecule has 0 radical (unpaired) electrons. The van der Waals surface area contributed by atoms with Crippen molar-refractivity contribution in [1.29, 1.82) is 0 Å². The van der Waals surface area contributed by atoms with Crippen LogP contribution in [0.2, 0.25) is 0 Å². The third kappa shape index (κ3) is 4.84. The SMILES string of the molecule is CC(C)[C@@H]1NC(=O)[C@]2(C)CSC(=N2)c2csc(n2)CNC(=O)CC(C=O)OC1=O. The summed E-state index contributed by atoms with van der Waals surface area (Å²) in [5, 5.41) is 8.52. The van der Waals surface area contributed by atoms with E-state index in [2.05, 4.69) is 20.6 Å². The molecule has 0 spiro atoms. The van der Waals surface area contributed by atoms with Crippen LogP contribution >= 0.6 is 23.1 Å². The van der Waals surface area contributed by atoms with Gasteiger partial charge in [0.05, 0.1) is 13.0 Å². The summed E-state index contributed by atoms with van der Waals surface area (Å²) < 4.78 is 5.20. The van der Waals surface area contributed by atoms with E-state index in [4.69, 9.17) is 4.74 Å². The molecule has 4 bridgehead atoms. The third-order valence-electron chi connectivity index (χ3n) is 4.55. The Balaban J connectivity index is 1.94. The Hall–Kier alpha value is -2.27. The van der Waals surface area contributed by atoms with Crippen molar-refractivity contribution in [2.75, 3.05) is 5.75 Å². The molecular weight excluding hydrogens is 416 g/mol. The van der Waals surface area contributed by atoms with Gasteiger partial charge in [-0.15, -0.1) is 23.1 Å². The number of hydrogen-bond donors (Lipinski definition) is 2. The summed E-state index contributed by atoms with van der Waals surface area (Å²) in [4.78, 5) is 58.0. The molecule has 2 amide bonds. The minimum Gasteiger partial charge on any atom is -0.453 e. The molecule has 0 fully saturated rings. The highest BCUT2D eigenvalue weighted by Crippen LogP contribution is 2.32. The van der Waals surface area contributed by atoms with Crippen LogP contribution in [0.5, 0.6) is 0 Å². The van der Waals surface area contributed by atoms with Crippen LogP contribution in [0.3, 0.4) is 0 Å². The predicted octanol–water partition coefficient (Wildman–Crippen LogP) is 0.667. The van der Waals surface area contributed by atoms with E-state index in [9.17, 15) is 19.2 Å². The lowest BCUT2D eigenvalue weighted by Crippen LogP contribution is -2.53. The molecular formula is C18H22N4O5S2. The zero-order valence-corrected chi connectivity index (χ0v) is 17.9. The second kappa shape index (κ2) is 8.62. The number of aromatic nitrogens is 1. The minimum atomic E-state index is -1.23. The standard InChI is InChI=1S/C18H22N4O5S2/c1-9(2)14-16(25)27-10(6-23)4-12(24)19-5-13-20-11(7-28-13)15-22-18(3,8-29-15)17(26)21-14/h6-7,9-10,14H,4-5,8H2,1-3H3,(H,19,24)(H,21,26)/t10?,14-,18-/m0/s1. The number of fused-ring (bicyclic) bond motifs is 4. The number of thioether (sulfide) groups is 1. The second-order valence-corrected chi connectivity index (χ2v) is 9.30. The van der Waals surface area contributed by atoms with Crippen LogP contribution in [-0.4, -0.2) is 57.5 Å². The Morgan fingerprint density at radius 3 is 2.79 bits per heavy atom. The summed E-state index contributed by atoms with van der Waals surface area (Å²) in [7, 11) is 0. The smallest absolute Gasteiger partial charge is 0.329 e. The van der Waals surface area contributed by atoms with Crippen molar-refractivity contribution in [2.24, 2.45) is 10.9 Å². The van der Waals surface area contributed by atoms with Crippen LogP contribution in [0.25, 0.3) is 0 Å². The van der Waals surface area contributed by atoms with Crippen molar-refractivity contribution in [1.82, 2.24) is 15.6 Å². The Morgan fingerprint density at radius 2 is 2.10 bits per heavy atom. The second-order valence-electron chi connectivity index (χ2n) is 7.39. The molecule has 11 heteroatoms. The van der Waals surface area contributed by atoms with Gasteiger partial charge in [-0.05, 0) is 12.8 Å². The highest BCUT2D eigenvalue weighted by atomic mass is 32.2. The zero-order chi connectivity index (χ0) is 21.2. The van der Waals surface area contributed by atoms with Crippen molar-refractivity contribution >= 4 is 52.2 Å². The number of cyclic esters (lactones) is 1. The fourth-order valence-electron chi connectivity index (χ4n) is 2.80. The van der Waals surface area contributed by atoms with Crippen LogP contribution in [-0.2, 0) is 30.5 Å². The summed E-state index contributed by atoms with van der Waals surface area (Å²) in [6.07, 6.45) is -1.12. The number of carbonyl (C=O) groups is 4. The van der Waals surface area contributed by atoms with Gasteiger partial charge in [-0.1, -0.05) is 13.8 Å². The van der Waals surface area contributed by atoms with E-state index in [1.165, 1.54) is 23.1 Å². The average molecular weight is 439 g/mol. The summed E-state index contributed by atoms with van der Waals surface area (Å²) in [6.45, 7) is 5.40. The van der Waals surface area contributed by atoms with Crippen LogP contribution in [0.1, 0.15) is 37.9 Å². The Labute approximate surface area is 176 Å². The molecule has 0 saturated heterocycles. The minimum absolute atomic E-state index is 0.188. The monoisotopic (exact) mass is 438 g/mol. The number of thiazole rings is 1. The number of hydrogen-bond acceptors (Lipinski definition) is 9. The predicted molar refractivity (Wildman–Crippen MR) is 109 cm³/mol. The molecule has 3 rings (SSSR count). The Morgan fingerprint density at radius 1 is 1.34 bits per heavy atom. The molecule has 0 aliphatic carbocycles. The Kier molecular flexibility index (Phi) is 6.37. The van der Waals surface area contributed by atoms with Gasteiger partial charge < -0.3 is 15.4 Å². The fourth-order valence-corrected chi connectivity index (χ4v) is 4.72. The molecule has 29 heavy (non-hydrogen) atoms. The molecule has 156 valence electrons. The van der Waals surface area contributed by atoms with Crippen molar-refractivity contribution in [3.63, 3.8) is 0 Å². The number of nitrogens with one attached hydrogen (secondary N) is 2. The number of ether oxygens (including phenoxy) is 1. The Bertz CT molecular complexity index is 868. The molecule has 2 N–H and O–H groups in total. The summed E-state index contributed by atoms with van der Waals surface area (Å²) in [6, 6.07) is -0.965. The molecule has 1 unspecified atom stereocenters. The van der Waals surface area contributed by atoms with Gasteiger partial charge in [0.2, 0.25) is 11.8 Å². The van der Waals surface area contributed by atoms with Crippen LogP contribution in [0.15, 0.2) is 10.4 Å². The molecule has 0 saturated carbocycles. The van der Waals surface area contributed by atoms with Crippen molar-refractivity contribution in [2.45, 2.75) is 51.4 Å². The molecule has 2 aliphatic rings. The maximum absolute atomic E-state index is 12.9. The number of aldehydes is 1. The molecule has 1 aromatic heterocycles. The lowest BCUT2D eigenvalue weighted by molar-refractivity contribution is -0.157. The fraction of sp³-hybridized carbons (Fsp3) is 0.556. The van der Waals surface area contributed by atoms with E-state index in [1.807, 2.05) is 5.38 Å². The van der Waals surface area contributed by atoms with E-state index >= 15 is 0 Å². The third-order valence-corrected chi connectivity index (χ3v) is 6.68. The van der Waals surface area contributed by atoms with Gasteiger partial charge >= 0.3 is 5.97 Å². The zero-order valence-electron chi connectivity index (χ0n) is 16.3. The van der Waals surface area contributed by atoms with E-state index < -0.39 is 35.5 Å². The number of rotatable bonds is 2. The highest BCUT2D eigenvalue weighted by molar-refractivity contribution is 8.14. The molecule has 2 aliphatic heterocycles. The van der Waals surface area contributed by atoms with E-state index in [-0.39, 0.29) is 18.9 Å². The first-order valence-electron chi connectivity index (χ1n) is 9.12. The van der Waals surface area contributed by atoms with E-state index in [0.29, 0.717) is 27.8 Å². The van der Waals surface area contributed by atoms with Gasteiger partial charge in [0, 0.05) is 11.1 Å². The first-order valence-corrected chi connectivity index (χ1v) is 11.0. The van der Waals surface area contributed by atoms with Crippen LogP contribution in [0.4, 0.5) is 0 Å². The number of carbonyl (C=O) groups excluding carboxylic acids is 4. The number of amides is 2. The molecule has 3 atom stereocenters. The maximum Gasteiger partial charge on any atom is 0.329 e. The molecule has 9 nitrogen and oxygen atoms in total. The van der Waals surface area contributed by atoms with Gasteiger partial charge in [0.25, 0.3) is 0 Å². The number of aliphatic imine (C=N–C) groups is 1. The van der Waals surface area contributed by atoms with Crippen molar-refractivity contribution < 1.29 is 23.9 Å². The number of nitrogens with zero attached hydrogens (tertiary/aromatic N) is 2. The normalized spacial score (nSPS) is 28.4. The van der Waals surface area contributed by atoms with Crippen LogP contribution in [0, 0.1) is 5.92 Å². The van der Waals surface area contributed by atoms with Gasteiger partial charge in [-0.2, -0.15) is 0 Å². The summed E-state index contributed by atoms with van der Waals surface area (Å²) >= 11 is 2.78. The van der Waals surface area contributed by atoms with E-state index in [1.54, 1.807) is 20.8 Å². The lowest BCUT2D eigenvalue weighted by atomic mass is 10.0. The van der Waals surface area contributed by atoms with Crippen molar-refractivity contribution in [3.05, 3.63) is 16.1 Å². The van der Waals surface area contributed by atoms with Gasteiger partial charge in [-0.3, -0.25) is 19.4 Å². The summed E-state index contributed by atoms with van der Waals surface area (Å²) in [5.74, 6) is -1.47. The van der Waals surface area contributed by atoms with Gasteiger partial charge in [0.15, 0.2) is 12.4 Å². The first-order chi connectivity index (χ1) is 13.7. The molecule has 0 aromatic carbocycles. The van der Waals surface area contributed by atoms with Gasteiger partial charge in [0.1, 0.15) is 27.3 Å². The summed E-state index contributed by atoms with van der Waals surface area (Å²) in [5.41, 5.74) is -0.398. The maximum atomic E-state index is 12.9. The number of esters is 1.